The van der Waals surface area contributed by atoms with E-state index in [-0.39, 0.29) is 5.56 Å². The first kappa shape index (κ1) is 15.0. The van der Waals surface area contributed by atoms with Crippen molar-refractivity contribution in [2.75, 3.05) is 31.1 Å². The molecule has 112 valence electrons. The van der Waals surface area contributed by atoms with Gasteiger partial charge in [-0.15, -0.1) is 0 Å². The second kappa shape index (κ2) is 6.88. The van der Waals surface area contributed by atoms with E-state index in [9.17, 15) is 4.79 Å². The zero-order valence-corrected chi connectivity index (χ0v) is 12.8. The van der Waals surface area contributed by atoms with E-state index in [2.05, 4.69) is 34.0 Å². The molecule has 0 radical (unpaired) electrons. The molecule has 2 rings (SSSR count). The molecule has 0 saturated carbocycles. The minimum Gasteiger partial charge on any atom is -0.356 e. The molecule has 1 aromatic rings. The van der Waals surface area contributed by atoms with Gasteiger partial charge in [0.2, 0.25) is 0 Å². The molecule has 5 heteroatoms. The lowest BCUT2D eigenvalue weighted by atomic mass is 9.96. The average molecular weight is 278 g/mol. The molecule has 20 heavy (non-hydrogen) atoms. The molecule has 1 aliphatic rings. The monoisotopic (exact) mass is 278 g/mol. The van der Waals surface area contributed by atoms with Crippen LogP contribution in [-0.2, 0) is 0 Å². The van der Waals surface area contributed by atoms with Crippen molar-refractivity contribution < 1.29 is 0 Å². The van der Waals surface area contributed by atoms with Gasteiger partial charge in [-0.3, -0.25) is 4.79 Å². The summed E-state index contributed by atoms with van der Waals surface area (Å²) in [7, 11) is 0. The first-order valence-electron chi connectivity index (χ1n) is 7.58. The summed E-state index contributed by atoms with van der Waals surface area (Å²) in [6.45, 7) is 10.5. The summed E-state index contributed by atoms with van der Waals surface area (Å²) in [6, 6.07) is 1.60. The predicted octanol–water partition coefficient (Wildman–Crippen LogP) is 1.54. The summed E-state index contributed by atoms with van der Waals surface area (Å²) in [5, 5.41) is 3.54. The predicted molar refractivity (Wildman–Crippen MR) is 82.2 cm³/mol. The van der Waals surface area contributed by atoms with Crippen LogP contribution in [0.5, 0.6) is 0 Å². The van der Waals surface area contributed by atoms with Gasteiger partial charge in [0.15, 0.2) is 0 Å². The molecule has 0 aliphatic carbocycles. The Bertz CT molecular complexity index is 475. The topological polar surface area (TPSA) is 61.0 Å². The van der Waals surface area contributed by atoms with Crippen molar-refractivity contribution in [3.05, 3.63) is 22.2 Å². The third-order valence-electron chi connectivity index (χ3n) is 3.77. The largest absolute Gasteiger partial charge is 0.356 e. The van der Waals surface area contributed by atoms with E-state index < -0.39 is 0 Å². The van der Waals surface area contributed by atoms with E-state index in [1.165, 1.54) is 12.8 Å². The van der Waals surface area contributed by atoms with Crippen molar-refractivity contribution in [2.24, 2.45) is 11.8 Å². The average Bonchev–Trinajstić information content (AvgIpc) is 2.38. The Balaban J connectivity index is 1.83. The molecule has 2 heterocycles. The zero-order chi connectivity index (χ0) is 14.5. The van der Waals surface area contributed by atoms with Gasteiger partial charge in [0.25, 0.3) is 5.56 Å². The molecule has 1 aliphatic heterocycles. The molecule has 0 amide bonds. The second-order valence-corrected chi connectivity index (χ2v) is 6.17. The first-order valence-corrected chi connectivity index (χ1v) is 7.58. The highest BCUT2D eigenvalue weighted by Crippen LogP contribution is 2.20. The summed E-state index contributed by atoms with van der Waals surface area (Å²) >= 11 is 0. The fourth-order valence-electron chi connectivity index (χ4n) is 2.67. The Kier molecular flexibility index (Phi) is 5.17. The Morgan fingerprint density at radius 2 is 2.15 bits per heavy atom. The van der Waals surface area contributed by atoms with Crippen molar-refractivity contribution in [3.63, 3.8) is 0 Å². The van der Waals surface area contributed by atoms with Crippen LogP contribution in [0.15, 0.2) is 10.9 Å². The van der Waals surface area contributed by atoms with E-state index in [0.717, 1.165) is 37.9 Å². The molecular weight excluding hydrogens is 252 g/mol. The van der Waals surface area contributed by atoms with Gasteiger partial charge < -0.3 is 15.2 Å². The number of hydrogen-bond donors (Lipinski definition) is 2. The number of hydrogen-bond acceptors (Lipinski definition) is 4. The number of H-pyrrole nitrogens is 1. The molecule has 1 aromatic heterocycles. The highest BCUT2D eigenvalue weighted by atomic mass is 16.1. The summed E-state index contributed by atoms with van der Waals surface area (Å²) in [5.41, 5.74) is -0.0618. The Morgan fingerprint density at radius 1 is 1.45 bits per heavy atom. The minimum absolute atomic E-state index is 0.0618. The van der Waals surface area contributed by atoms with E-state index in [4.69, 9.17) is 0 Å². The summed E-state index contributed by atoms with van der Waals surface area (Å²) in [6.07, 6.45) is 2.33. The van der Waals surface area contributed by atoms with Crippen LogP contribution >= 0.6 is 0 Å². The molecule has 0 atom stereocenters. The van der Waals surface area contributed by atoms with Gasteiger partial charge in [0, 0.05) is 19.2 Å². The highest BCUT2D eigenvalue weighted by molar-refractivity contribution is 5.37. The van der Waals surface area contributed by atoms with Crippen molar-refractivity contribution in [1.29, 1.82) is 0 Å². The van der Waals surface area contributed by atoms with E-state index in [1.807, 2.05) is 6.92 Å². The number of nitrogens with one attached hydrogen (secondary N) is 2. The maximum absolute atomic E-state index is 11.5. The fourth-order valence-corrected chi connectivity index (χ4v) is 2.67. The van der Waals surface area contributed by atoms with Crippen LogP contribution in [-0.4, -0.2) is 36.1 Å². The standard InChI is InChI=1S/C15H26N4O/c1-11(2)9-16-10-13-4-6-19(7-5-13)14-8-15(20)18-12(3)17-14/h8,11,13,16H,4-7,9-10H2,1-3H3,(H,17,18,20). The van der Waals surface area contributed by atoms with Gasteiger partial charge >= 0.3 is 0 Å². The molecule has 0 spiro atoms. The molecule has 2 N–H and O–H groups in total. The van der Waals surface area contributed by atoms with Crippen LogP contribution in [0.2, 0.25) is 0 Å². The normalized spacial score (nSPS) is 16.9. The van der Waals surface area contributed by atoms with Gasteiger partial charge in [0.1, 0.15) is 11.6 Å². The molecule has 0 bridgehead atoms. The van der Waals surface area contributed by atoms with Crippen molar-refractivity contribution in [1.82, 2.24) is 15.3 Å². The summed E-state index contributed by atoms with van der Waals surface area (Å²) < 4.78 is 0. The number of piperidine rings is 1. The highest BCUT2D eigenvalue weighted by Gasteiger charge is 2.20. The lowest BCUT2D eigenvalue weighted by Gasteiger charge is -2.33. The second-order valence-electron chi connectivity index (χ2n) is 6.17. The fraction of sp³-hybridized carbons (Fsp3) is 0.733. The van der Waals surface area contributed by atoms with Crippen LogP contribution in [0.1, 0.15) is 32.5 Å². The van der Waals surface area contributed by atoms with Gasteiger partial charge in [0.05, 0.1) is 0 Å². The van der Waals surface area contributed by atoms with Crippen molar-refractivity contribution in [3.8, 4) is 0 Å². The number of nitrogens with zero attached hydrogens (tertiary/aromatic N) is 2. The van der Waals surface area contributed by atoms with Crippen LogP contribution < -0.4 is 15.8 Å². The Hall–Kier alpha value is -1.36. The first-order chi connectivity index (χ1) is 9.54. The molecular formula is C15H26N4O. The van der Waals surface area contributed by atoms with Gasteiger partial charge in [-0.25, -0.2) is 4.98 Å². The van der Waals surface area contributed by atoms with E-state index in [0.29, 0.717) is 11.7 Å². The van der Waals surface area contributed by atoms with Crippen molar-refractivity contribution in [2.45, 2.75) is 33.6 Å². The van der Waals surface area contributed by atoms with Crippen LogP contribution in [0.4, 0.5) is 5.82 Å². The van der Waals surface area contributed by atoms with Crippen molar-refractivity contribution >= 4 is 5.82 Å². The SMILES string of the molecule is Cc1nc(N2CCC(CNCC(C)C)CC2)cc(=O)[nH]1. The zero-order valence-electron chi connectivity index (χ0n) is 12.8. The molecule has 0 unspecified atom stereocenters. The molecule has 0 aromatic carbocycles. The number of aryl methyl sites for hydroxylation is 1. The smallest absolute Gasteiger partial charge is 0.252 e. The molecule has 1 saturated heterocycles. The van der Waals surface area contributed by atoms with Crippen LogP contribution in [0.3, 0.4) is 0 Å². The number of rotatable bonds is 5. The molecule has 1 fully saturated rings. The summed E-state index contributed by atoms with van der Waals surface area (Å²) in [4.78, 5) is 20.8. The third kappa shape index (κ3) is 4.34. The molecule has 5 nitrogen and oxygen atoms in total. The summed E-state index contributed by atoms with van der Waals surface area (Å²) in [5.74, 6) is 2.96. The van der Waals surface area contributed by atoms with Gasteiger partial charge in [-0.1, -0.05) is 13.8 Å². The number of anilines is 1. The maximum atomic E-state index is 11.5. The van der Waals surface area contributed by atoms with E-state index >= 15 is 0 Å². The lowest BCUT2D eigenvalue weighted by molar-refractivity contribution is 0.373. The number of aromatic amines is 1. The van der Waals surface area contributed by atoms with Gasteiger partial charge in [-0.05, 0) is 44.7 Å². The maximum Gasteiger partial charge on any atom is 0.252 e. The minimum atomic E-state index is -0.0618. The third-order valence-corrected chi connectivity index (χ3v) is 3.77. The van der Waals surface area contributed by atoms with Crippen LogP contribution in [0, 0.1) is 18.8 Å². The lowest BCUT2D eigenvalue weighted by Crippen LogP contribution is -2.38. The number of aromatic nitrogens is 2. The Labute approximate surface area is 120 Å². The quantitative estimate of drug-likeness (QED) is 0.857. The van der Waals surface area contributed by atoms with Gasteiger partial charge in [-0.2, -0.15) is 0 Å². The van der Waals surface area contributed by atoms with Crippen LogP contribution in [0.25, 0.3) is 0 Å². The van der Waals surface area contributed by atoms with E-state index in [1.54, 1.807) is 6.07 Å². The Morgan fingerprint density at radius 3 is 2.75 bits per heavy atom.